The van der Waals surface area contributed by atoms with Crippen molar-refractivity contribution in [1.29, 1.82) is 5.26 Å². The van der Waals surface area contributed by atoms with Gasteiger partial charge in [0.15, 0.2) is 0 Å². The van der Waals surface area contributed by atoms with Crippen molar-refractivity contribution in [2.75, 3.05) is 66.2 Å². The van der Waals surface area contributed by atoms with E-state index in [0.29, 0.717) is 19.8 Å². The highest BCUT2D eigenvalue weighted by atomic mass is 16.5. The largest absolute Gasteiger partial charge is 0.382 e. The second-order valence-electron chi connectivity index (χ2n) is 4.23. The predicted octanol–water partition coefficient (Wildman–Crippen LogP) is 0.181. The summed E-state index contributed by atoms with van der Waals surface area (Å²) in [7, 11) is 1.68. The van der Waals surface area contributed by atoms with Crippen LogP contribution in [0.25, 0.3) is 0 Å². The van der Waals surface area contributed by atoms with Crippen LogP contribution in [0.2, 0.25) is 0 Å². The van der Waals surface area contributed by atoms with Crippen molar-refractivity contribution in [3.05, 3.63) is 0 Å². The predicted molar refractivity (Wildman–Crippen MR) is 65.8 cm³/mol. The molecule has 1 aliphatic heterocycles. The average molecular weight is 241 g/mol. The Morgan fingerprint density at radius 2 is 1.76 bits per heavy atom. The third kappa shape index (κ3) is 6.59. The number of nitrogens with zero attached hydrogens (tertiary/aromatic N) is 3. The Labute approximate surface area is 104 Å². The Kier molecular flexibility index (Phi) is 7.93. The summed E-state index contributed by atoms with van der Waals surface area (Å²) in [6, 6.07) is 2.20. The molecule has 5 heteroatoms. The van der Waals surface area contributed by atoms with Gasteiger partial charge in [0.1, 0.15) is 0 Å². The van der Waals surface area contributed by atoms with E-state index in [9.17, 15) is 0 Å². The first-order valence-corrected chi connectivity index (χ1v) is 6.25. The normalized spacial score (nSPS) is 18.1. The van der Waals surface area contributed by atoms with Gasteiger partial charge in [0, 0.05) is 46.4 Å². The minimum absolute atomic E-state index is 0.563. The molecule has 0 saturated carbocycles. The zero-order valence-electron chi connectivity index (χ0n) is 10.7. The van der Waals surface area contributed by atoms with Gasteiger partial charge in [-0.1, -0.05) is 0 Å². The quantitative estimate of drug-likeness (QED) is 0.448. The summed E-state index contributed by atoms with van der Waals surface area (Å²) >= 11 is 0. The summed E-state index contributed by atoms with van der Waals surface area (Å²) in [5.74, 6) is 0. The first-order valence-electron chi connectivity index (χ1n) is 6.25. The van der Waals surface area contributed by atoms with E-state index in [-0.39, 0.29) is 0 Å². The van der Waals surface area contributed by atoms with Gasteiger partial charge in [-0.15, -0.1) is 0 Å². The number of piperazine rings is 1. The van der Waals surface area contributed by atoms with Crippen LogP contribution in [-0.2, 0) is 9.47 Å². The number of hydrogen-bond donors (Lipinski definition) is 0. The van der Waals surface area contributed by atoms with Gasteiger partial charge in [-0.25, -0.2) is 0 Å². The van der Waals surface area contributed by atoms with Crippen molar-refractivity contribution in [3.63, 3.8) is 0 Å². The lowest BCUT2D eigenvalue weighted by atomic mass is 10.3. The fourth-order valence-electron chi connectivity index (χ4n) is 1.91. The summed E-state index contributed by atoms with van der Waals surface area (Å²) in [5.41, 5.74) is 0. The van der Waals surface area contributed by atoms with Gasteiger partial charge < -0.3 is 14.4 Å². The Morgan fingerprint density at radius 1 is 1.06 bits per heavy atom. The summed E-state index contributed by atoms with van der Waals surface area (Å²) in [5, 5.41) is 8.60. The Balaban J connectivity index is 1.94. The van der Waals surface area contributed by atoms with Crippen molar-refractivity contribution in [2.24, 2.45) is 0 Å². The molecule has 1 rings (SSSR count). The highest BCUT2D eigenvalue weighted by Gasteiger charge is 2.15. The Bertz CT molecular complexity index is 222. The second-order valence-corrected chi connectivity index (χ2v) is 4.23. The van der Waals surface area contributed by atoms with Crippen LogP contribution >= 0.6 is 0 Å². The van der Waals surface area contributed by atoms with Gasteiger partial charge in [-0.3, -0.25) is 4.90 Å². The lowest BCUT2D eigenvalue weighted by Gasteiger charge is -2.33. The standard InChI is InChI=1S/C12H23N3O2/c1-16-11-12-17-10-2-4-14-6-8-15(5-3-13)9-7-14/h2,4-12H2,1H3. The molecule has 0 aromatic rings. The molecular weight excluding hydrogens is 218 g/mol. The average Bonchev–Trinajstić information content (AvgIpc) is 2.36. The molecule has 0 spiro atoms. The fourth-order valence-corrected chi connectivity index (χ4v) is 1.91. The molecule has 0 aromatic heterocycles. The van der Waals surface area contributed by atoms with Gasteiger partial charge in [0.25, 0.3) is 0 Å². The first kappa shape index (κ1) is 14.4. The van der Waals surface area contributed by atoms with E-state index in [0.717, 1.165) is 45.8 Å². The maximum Gasteiger partial charge on any atom is 0.0866 e. The van der Waals surface area contributed by atoms with Crippen LogP contribution in [0.15, 0.2) is 0 Å². The van der Waals surface area contributed by atoms with Gasteiger partial charge in [0.2, 0.25) is 0 Å². The number of rotatable bonds is 8. The van der Waals surface area contributed by atoms with E-state index >= 15 is 0 Å². The summed E-state index contributed by atoms with van der Waals surface area (Å²) in [4.78, 5) is 4.64. The van der Waals surface area contributed by atoms with Gasteiger partial charge >= 0.3 is 0 Å². The molecule has 0 unspecified atom stereocenters. The topological polar surface area (TPSA) is 48.7 Å². The molecule has 0 aliphatic carbocycles. The Hall–Kier alpha value is -0.670. The monoisotopic (exact) mass is 241 g/mol. The molecule has 0 N–H and O–H groups in total. The SMILES string of the molecule is COCCOCCCN1CCN(CC#N)CC1. The van der Waals surface area contributed by atoms with E-state index in [2.05, 4.69) is 15.9 Å². The molecule has 1 saturated heterocycles. The number of methoxy groups -OCH3 is 1. The smallest absolute Gasteiger partial charge is 0.0866 e. The van der Waals surface area contributed by atoms with Crippen molar-refractivity contribution in [2.45, 2.75) is 6.42 Å². The molecule has 1 heterocycles. The number of nitriles is 1. The van der Waals surface area contributed by atoms with Gasteiger partial charge in [-0.05, 0) is 6.42 Å². The van der Waals surface area contributed by atoms with Gasteiger partial charge in [-0.2, -0.15) is 5.26 Å². The lowest BCUT2D eigenvalue weighted by molar-refractivity contribution is 0.0615. The highest BCUT2D eigenvalue weighted by molar-refractivity contribution is 4.80. The van der Waals surface area contributed by atoms with E-state index in [1.165, 1.54) is 0 Å². The van der Waals surface area contributed by atoms with Crippen LogP contribution in [0.4, 0.5) is 0 Å². The van der Waals surface area contributed by atoms with Crippen LogP contribution in [0.1, 0.15) is 6.42 Å². The first-order chi connectivity index (χ1) is 8.36. The minimum Gasteiger partial charge on any atom is -0.382 e. The zero-order chi connectivity index (χ0) is 12.3. The summed E-state index contributed by atoms with van der Waals surface area (Å²) in [6.07, 6.45) is 1.07. The van der Waals surface area contributed by atoms with Crippen molar-refractivity contribution >= 4 is 0 Å². The van der Waals surface area contributed by atoms with E-state index in [1.54, 1.807) is 7.11 Å². The number of ether oxygens (including phenoxy) is 2. The minimum atomic E-state index is 0.563. The molecule has 0 aromatic carbocycles. The van der Waals surface area contributed by atoms with E-state index in [1.807, 2.05) is 0 Å². The van der Waals surface area contributed by atoms with Crippen molar-refractivity contribution in [1.82, 2.24) is 9.80 Å². The van der Waals surface area contributed by atoms with Crippen LogP contribution in [0.3, 0.4) is 0 Å². The third-order valence-electron chi connectivity index (χ3n) is 2.95. The molecule has 0 bridgehead atoms. The fraction of sp³-hybridized carbons (Fsp3) is 0.917. The second kappa shape index (κ2) is 9.37. The van der Waals surface area contributed by atoms with Crippen molar-refractivity contribution in [3.8, 4) is 6.07 Å². The van der Waals surface area contributed by atoms with Crippen LogP contribution < -0.4 is 0 Å². The molecule has 1 fully saturated rings. The molecular formula is C12H23N3O2. The van der Waals surface area contributed by atoms with E-state index in [4.69, 9.17) is 14.7 Å². The maximum atomic E-state index is 8.60. The zero-order valence-corrected chi connectivity index (χ0v) is 10.7. The lowest BCUT2D eigenvalue weighted by Crippen LogP contribution is -2.46. The molecule has 0 amide bonds. The molecule has 1 aliphatic rings. The summed E-state index contributed by atoms with van der Waals surface area (Å²) < 4.78 is 10.3. The maximum absolute atomic E-state index is 8.60. The molecule has 0 radical (unpaired) electrons. The Morgan fingerprint density at radius 3 is 2.41 bits per heavy atom. The third-order valence-corrected chi connectivity index (χ3v) is 2.95. The van der Waals surface area contributed by atoms with Crippen LogP contribution in [-0.4, -0.2) is 76.0 Å². The molecule has 17 heavy (non-hydrogen) atoms. The van der Waals surface area contributed by atoms with E-state index < -0.39 is 0 Å². The van der Waals surface area contributed by atoms with Gasteiger partial charge in [0.05, 0.1) is 25.8 Å². The number of hydrogen-bond acceptors (Lipinski definition) is 5. The van der Waals surface area contributed by atoms with Crippen molar-refractivity contribution < 1.29 is 9.47 Å². The molecule has 0 atom stereocenters. The summed E-state index contributed by atoms with van der Waals surface area (Å²) in [6.45, 7) is 7.98. The molecule has 98 valence electrons. The highest BCUT2D eigenvalue weighted by Crippen LogP contribution is 2.01. The van der Waals surface area contributed by atoms with Crippen LogP contribution in [0.5, 0.6) is 0 Å². The van der Waals surface area contributed by atoms with Crippen LogP contribution in [0, 0.1) is 11.3 Å². The molecule has 5 nitrogen and oxygen atoms in total.